The third-order valence-electron chi connectivity index (χ3n) is 4.37. The van der Waals surface area contributed by atoms with Crippen molar-refractivity contribution < 1.29 is 9.53 Å². The third-order valence-corrected chi connectivity index (χ3v) is 4.67. The van der Waals surface area contributed by atoms with Crippen LogP contribution in [0, 0.1) is 0 Å². The fourth-order valence-electron chi connectivity index (χ4n) is 3.16. The Morgan fingerprint density at radius 3 is 2.52 bits per heavy atom. The quantitative estimate of drug-likeness (QED) is 0.680. The lowest BCUT2D eigenvalue weighted by atomic mass is 10.1. The number of anilines is 2. The van der Waals surface area contributed by atoms with Crippen LogP contribution in [0.25, 0.3) is 0 Å². The molecule has 2 aromatic carbocycles. The standard InChI is InChI=1S/C21H25ClN2O2.ClH/c1-15(2)26-18-8-6-7-16(13-18)21(25)23-17-9-10-20(19(22)14-17)24-11-4-3-5-12-24;/h6-10,13-15H,3-5,11-12H2,1-2H3,(H,23,25);1H. The van der Waals surface area contributed by atoms with Crippen LogP contribution < -0.4 is 15.0 Å². The molecule has 1 saturated heterocycles. The van der Waals surface area contributed by atoms with Crippen molar-refractivity contribution in [3.63, 3.8) is 0 Å². The Hall–Kier alpha value is -1.91. The van der Waals surface area contributed by atoms with Crippen LogP contribution in [0.3, 0.4) is 0 Å². The molecule has 1 aliphatic heterocycles. The summed E-state index contributed by atoms with van der Waals surface area (Å²) in [5.74, 6) is 0.507. The van der Waals surface area contributed by atoms with Gasteiger partial charge in [-0.15, -0.1) is 12.4 Å². The van der Waals surface area contributed by atoms with Crippen LogP contribution in [-0.4, -0.2) is 25.1 Å². The molecule has 1 aliphatic rings. The summed E-state index contributed by atoms with van der Waals surface area (Å²) in [6.07, 6.45) is 3.74. The topological polar surface area (TPSA) is 41.6 Å². The summed E-state index contributed by atoms with van der Waals surface area (Å²) in [7, 11) is 0. The van der Waals surface area contributed by atoms with Crippen molar-refractivity contribution in [2.45, 2.75) is 39.2 Å². The van der Waals surface area contributed by atoms with Gasteiger partial charge in [0.1, 0.15) is 5.75 Å². The van der Waals surface area contributed by atoms with Crippen molar-refractivity contribution in [2.75, 3.05) is 23.3 Å². The number of piperidine rings is 1. The number of nitrogens with zero attached hydrogens (tertiary/aromatic N) is 1. The van der Waals surface area contributed by atoms with E-state index in [0.29, 0.717) is 22.0 Å². The molecule has 27 heavy (non-hydrogen) atoms. The van der Waals surface area contributed by atoms with Gasteiger partial charge in [-0.1, -0.05) is 17.7 Å². The highest BCUT2D eigenvalue weighted by Gasteiger charge is 2.15. The van der Waals surface area contributed by atoms with E-state index in [4.69, 9.17) is 16.3 Å². The molecule has 1 N–H and O–H groups in total. The molecule has 0 aliphatic carbocycles. The normalized spacial score (nSPS) is 13.9. The molecule has 0 atom stereocenters. The fraction of sp³-hybridized carbons (Fsp3) is 0.381. The summed E-state index contributed by atoms with van der Waals surface area (Å²) in [6, 6.07) is 12.9. The lowest BCUT2D eigenvalue weighted by Crippen LogP contribution is -2.29. The van der Waals surface area contributed by atoms with E-state index in [0.717, 1.165) is 18.8 Å². The first-order valence-electron chi connectivity index (χ1n) is 9.15. The second kappa shape index (κ2) is 9.86. The van der Waals surface area contributed by atoms with Crippen LogP contribution in [0.1, 0.15) is 43.5 Å². The predicted octanol–water partition coefficient (Wildman–Crippen LogP) is 5.79. The number of carbonyl (C=O) groups is 1. The molecule has 6 heteroatoms. The van der Waals surface area contributed by atoms with E-state index in [2.05, 4.69) is 10.2 Å². The van der Waals surface area contributed by atoms with Gasteiger partial charge in [-0.25, -0.2) is 0 Å². The van der Waals surface area contributed by atoms with Gasteiger partial charge < -0.3 is 15.0 Å². The minimum atomic E-state index is -0.180. The van der Waals surface area contributed by atoms with Crippen LogP contribution in [0.4, 0.5) is 11.4 Å². The molecule has 3 rings (SSSR count). The Morgan fingerprint density at radius 1 is 1.11 bits per heavy atom. The molecule has 2 aromatic rings. The van der Waals surface area contributed by atoms with Gasteiger partial charge in [-0.05, 0) is 69.5 Å². The first-order valence-corrected chi connectivity index (χ1v) is 9.53. The molecule has 146 valence electrons. The molecule has 1 amide bonds. The number of carbonyl (C=O) groups excluding carboxylic acids is 1. The van der Waals surface area contributed by atoms with E-state index in [1.165, 1.54) is 19.3 Å². The minimum Gasteiger partial charge on any atom is -0.491 e. The van der Waals surface area contributed by atoms with E-state index >= 15 is 0 Å². The summed E-state index contributed by atoms with van der Waals surface area (Å²) >= 11 is 6.46. The lowest BCUT2D eigenvalue weighted by Gasteiger charge is -2.29. The zero-order valence-corrected chi connectivity index (χ0v) is 17.3. The van der Waals surface area contributed by atoms with E-state index in [9.17, 15) is 4.79 Å². The Bertz CT molecular complexity index is 775. The van der Waals surface area contributed by atoms with Crippen LogP contribution in [0.5, 0.6) is 5.75 Å². The summed E-state index contributed by atoms with van der Waals surface area (Å²) < 4.78 is 5.65. The highest BCUT2D eigenvalue weighted by atomic mass is 35.5. The van der Waals surface area contributed by atoms with Crippen molar-refractivity contribution in [2.24, 2.45) is 0 Å². The maximum Gasteiger partial charge on any atom is 0.255 e. The zero-order chi connectivity index (χ0) is 18.5. The molecular formula is C21H26Cl2N2O2. The molecule has 0 radical (unpaired) electrons. The second-order valence-corrected chi connectivity index (χ2v) is 7.27. The van der Waals surface area contributed by atoms with Gasteiger partial charge in [-0.2, -0.15) is 0 Å². The number of halogens is 2. The van der Waals surface area contributed by atoms with Crippen molar-refractivity contribution in [1.82, 2.24) is 0 Å². The van der Waals surface area contributed by atoms with Crippen molar-refractivity contribution in [3.05, 3.63) is 53.1 Å². The first-order chi connectivity index (χ1) is 12.5. The average Bonchev–Trinajstić information content (AvgIpc) is 2.62. The van der Waals surface area contributed by atoms with Gasteiger partial charge in [-0.3, -0.25) is 4.79 Å². The highest BCUT2D eigenvalue weighted by Crippen LogP contribution is 2.31. The third kappa shape index (κ3) is 5.78. The Labute approximate surface area is 172 Å². The molecule has 0 unspecified atom stereocenters. The number of hydrogen-bond donors (Lipinski definition) is 1. The summed E-state index contributed by atoms with van der Waals surface area (Å²) in [6.45, 7) is 5.99. The number of hydrogen-bond acceptors (Lipinski definition) is 3. The predicted molar refractivity (Wildman–Crippen MR) is 115 cm³/mol. The van der Waals surface area contributed by atoms with Gasteiger partial charge in [0, 0.05) is 24.3 Å². The summed E-state index contributed by atoms with van der Waals surface area (Å²) in [5.41, 5.74) is 2.28. The number of rotatable bonds is 5. The SMILES string of the molecule is CC(C)Oc1cccc(C(=O)Nc2ccc(N3CCCCC3)c(Cl)c2)c1.Cl. The average molecular weight is 409 g/mol. The Balaban J connectivity index is 0.00000261. The van der Waals surface area contributed by atoms with Crippen LogP contribution in [0.15, 0.2) is 42.5 Å². The maximum atomic E-state index is 12.5. The number of amides is 1. The molecule has 4 nitrogen and oxygen atoms in total. The van der Waals surface area contributed by atoms with Crippen molar-refractivity contribution in [3.8, 4) is 5.75 Å². The van der Waals surface area contributed by atoms with Crippen molar-refractivity contribution in [1.29, 1.82) is 0 Å². The zero-order valence-electron chi connectivity index (χ0n) is 15.7. The van der Waals surface area contributed by atoms with Crippen LogP contribution in [0.2, 0.25) is 5.02 Å². The van der Waals surface area contributed by atoms with E-state index in [-0.39, 0.29) is 24.4 Å². The van der Waals surface area contributed by atoms with Gasteiger partial charge >= 0.3 is 0 Å². The van der Waals surface area contributed by atoms with Gasteiger partial charge in [0.25, 0.3) is 5.91 Å². The van der Waals surface area contributed by atoms with Crippen LogP contribution in [-0.2, 0) is 0 Å². The summed E-state index contributed by atoms with van der Waals surface area (Å²) in [5, 5.41) is 3.58. The Kier molecular flexibility index (Phi) is 7.81. The molecule has 0 saturated carbocycles. The Morgan fingerprint density at radius 2 is 1.85 bits per heavy atom. The maximum absolute atomic E-state index is 12.5. The largest absolute Gasteiger partial charge is 0.491 e. The second-order valence-electron chi connectivity index (χ2n) is 6.86. The lowest BCUT2D eigenvalue weighted by molar-refractivity contribution is 0.102. The number of nitrogens with one attached hydrogen (secondary N) is 1. The van der Waals surface area contributed by atoms with E-state index in [1.807, 2.05) is 44.2 Å². The van der Waals surface area contributed by atoms with Crippen LogP contribution >= 0.6 is 24.0 Å². The number of benzene rings is 2. The first kappa shape index (κ1) is 21.4. The highest BCUT2D eigenvalue weighted by molar-refractivity contribution is 6.33. The van der Waals surface area contributed by atoms with Gasteiger partial charge in [0.2, 0.25) is 0 Å². The minimum absolute atomic E-state index is 0. The molecule has 0 aromatic heterocycles. The molecule has 0 spiro atoms. The smallest absolute Gasteiger partial charge is 0.255 e. The fourth-order valence-corrected chi connectivity index (χ4v) is 3.46. The molecule has 1 heterocycles. The monoisotopic (exact) mass is 408 g/mol. The van der Waals surface area contributed by atoms with E-state index in [1.54, 1.807) is 12.1 Å². The van der Waals surface area contributed by atoms with Gasteiger partial charge in [0.05, 0.1) is 16.8 Å². The summed E-state index contributed by atoms with van der Waals surface area (Å²) in [4.78, 5) is 14.8. The number of ether oxygens (including phenoxy) is 1. The van der Waals surface area contributed by atoms with Gasteiger partial charge in [0.15, 0.2) is 0 Å². The van der Waals surface area contributed by atoms with Crippen molar-refractivity contribution >= 4 is 41.3 Å². The van der Waals surface area contributed by atoms with E-state index < -0.39 is 0 Å². The molecule has 0 bridgehead atoms. The molecule has 1 fully saturated rings. The molecular weight excluding hydrogens is 383 g/mol.